The van der Waals surface area contributed by atoms with Crippen LogP contribution in [-0.2, 0) is 18.9 Å². The van der Waals surface area contributed by atoms with Crippen molar-refractivity contribution in [2.45, 2.75) is 153 Å². The van der Waals surface area contributed by atoms with Gasteiger partial charge in [0.05, 0.1) is 24.4 Å². The van der Waals surface area contributed by atoms with Crippen LogP contribution in [0.5, 0.6) is 0 Å². The molecule has 6 aliphatic carbocycles. The van der Waals surface area contributed by atoms with Crippen LogP contribution in [0.4, 0.5) is 0 Å². The summed E-state index contributed by atoms with van der Waals surface area (Å²) in [6.07, 6.45) is 29.9. The minimum Gasteiger partial charge on any atom is -0.381 e. The van der Waals surface area contributed by atoms with Gasteiger partial charge in [-0.2, -0.15) is 0 Å². The molecule has 6 rings (SSSR count). The summed E-state index contributed by atoms with van der Waals surface area (Å²) >= 11 is 0. The lowest BCUT2D eigenvalue weighted by Gasteiger charge is -2.52. The number of ether oxygens (including phenoxy) is 4. The fourth-order valence-corrected chi connectivity index (χ4v) is 12.4. The molecule has 0 aromatic heterocycles. The summed E-state index contributed by atoms with van der Waals surface area (Å²) in [6, 6.07) is 0. The SMILES string of the molecule is COC1CCC(C2(C3CCC(OC)CC3)CC3CC(C4CCC(OC)CC4)(C4CCC(OC)CC4)CC3C2)CC1. The van der Waals surface area contributed by atoms with Gasteiger partial charge in [0, 0.05) is 28.4 Å². The fourth-order valence-electron chi connectivity index (χ4n) is 12.4. The summed E-state index contributed by atoms with van der Waals surface area (Å²) in [7, 11) is 7.75. The van der Waals surface area contributed by atoms with E-state index >= 15 is 0 Å². The number of rotatable bonds is 8. The third-order valence-corrected chi connectivity index (χ3v) is 14.5. The maximum atomic E-state index is 5.84. The Bertz CT molecular complexity index is 651. The minimum absolute atomic E-state index is 0.510. The second-order valence-electron chi connectivity index (χ2n) is 15.6. The Morgan fingerprint density at radius 2 is 0.525 bits per heavy atom. The predicted octanol–water partition coefficient (Wildman–Crippen LogP) is 8.60. The molecular formula is C36H62O4. The lowest BCUT2D eigenvalue weighted by molar-refractivity contribution is -0.0551. The highest BCUT2D eigenvalue weighted by Gasteiger charge is 2.62. The van der Waals surface area contributed by atoms with Crippen LogP contribution in [-0.4, -0.2) is 52.9 Å². The molecule has 0 spiro atoms. The van der Waals surface area contributed by atoms with Crippen LogP contribution in [0.3, 0.4) is 0 Å². The number of hydrogen-bond acceptors (Lipinski definition) is 4. The van der Waals surface area contributed by atoms with Crippen molar-refractivity contribution in [2.24, 2.45) is 46.3 Å². The fraction of sp³-hybridized carbons (Fsp3) is 1.00. The van der Waals surface area contributed by atoms with Gasteiger partial charge < -0.3 is 18.9 Å². The quantitative estimate of drug-likeness (QED) is 0.299. The highest BCUT2D eigenvalue weighted by Crippen LogP contribution is 2.70. The first-order valence-corrected chi connectivity index (χ1v) is 17.6. The zero-order valence-corrected chi connectivity index (χ0v) is 26.5. The van der Waals surface area contributed by atoms with Gasteiger partial charge >= 0.3 is 0 Å². The third kappa shape index (κ3) is 5.59. The highest BCUT2D eigenvalue weighted by molar-refractivity contribution is 5.11. The van der Waals surface area contributed by atoms with Gasteiger partial charge in [0.15, 0.2) is 0 Å². The summed E-state index contributed by atoms with van der Waals surface area (Å²) in [5, 5.41) is 0. The van der Waals surface area contributed by atoms with Crippen LogP contribution in [0.25, 0.3) is 0 Å². The Balaban J connectivity index is 1.22. The molecule has 6 fully saturated rings. The molecule has 0 aromatic rings. The molecule has 0 N–H and O–H groups in total. The molecule has 40 heavy (non-hydrogen) atoms. The molecule has 0 aromatic carbocycles. The molecule has 0 heterocycles. The summed E-state index contributed by atoms with van der Waals surface area (Å²) in [6.45, 7) is 0. The number of hydrogen-bond donors (Lipinski definition) is 0. The summed E-state index contributed by atoms with van der Waals surface area (Å²) in [4.78, 5) is 0. The van der Waals surface area contributed by atoms with Gasteiger partial charge in [-0.3, -0.25) is 0 Å². The van der Waals surface area contributed by atoms with E-state index in [1.54, 1.807) is 25.7 Å². The molecule has 0 atom stereocenters. The lowest BCUT2D eigenvalue weighted by atomic mass is 9.53. The Morgan fingerprint density at radius 1 is 0.325 bits per heavy atom. The third-order valence-electron chi connectivity index (χ3n) is 14.5. The molecule has 0 aliphatic heterocycles. The summed E-state index contributed by atoms with van der Waals surface area (Å²) < 4.78 is 23.4. The van der Waals surface area contributed by atoms with Gasteiger partial charge in [-0.05, 0) is 175 Å². The number of methoxy groups -OCH3 is 4. The molecule has 0 radical (unpaired) electrons. The standard InChI is InChI=1S/C36H62O4/c1-37-31-13-5-27(6-14-31)35(28-7-15-32(38-2)16-8-28)21-25-23-36(24-26(25)22-35,29-9-17-33(39-3)18-10-29)30-11-19-34(40-4)20-12-30/h25-34H,5-24H2,1-4H3. The van der Waals surface area contributed by atoms with E-state index in [-0.39, 0.29) is 0 Å². The zero-order valence-electron chi connectivity index (χ0n) is 26.5. The van der Waals surface area contributed by atoms with Crippen molar-refractivity contribution in [3.63, 3.8) is 0 Å². The van der Waals surface area contributed by atoms with Gasteiger partial charge in [-0.1, -0.05) is 0 Å². The Kier molecular flexibility index (Phi) is 9.59. The van der Waals surface area contributed by atoms with Crippen molar-refractivity contribution in [1.82, 2.24) is 0 Å². The van der Waals surface area contributed by atoms with Gasteiger partial charge in [0.2, 0.25) is 0 Å². The monoisotopic (exact) mass is 558 g/mol. The Labute approximate surface area is 246 Å². The van der Waals surface area contributed by atoms with Crippen LogP contribution in [0.1, 0.15) is 128 Å². The lowest BCUT2D eigenvalue weighted by Crippen LogP contribution is -2.44. The highest BCUT2D eigenvalue weighted by atomic mass is 16.5. The van der Waals surface area contributed by atoms with E-state index in [0.717, 1.165) is 35.5 Å². The van der Waals surface area contributed by atoms with Crippen molar-refractivity contribution in [2.75, 3.05) is 28.4 Å². The topological polar surface area (TPSA) is 36.9 Å². The van der Waals surface area contributed by atoms with Crippen molar-refractivity contribution >= 4 is 0 Å². The zero-order chi connectivity index (χ0) is 27.7. The van der Waals surface area contributed by atoms with Gasteiger partial charge in [0.1, 0.15) is 0 Å². The van der Waals surface area contributed by atoms with E-state index in [9.17, 15) is 0 Å². The molecule has 0 unspecified atom stereocenters. The molecular weight excluding hydrogens is 496 g/mol. The second-order valence-corrected chi connectivity index (χ2v) is 15.6. The molecule has 0 amide bonds. The molecule has 4 heteroatoms. The van der Waals surface area contributed by atoms with E-state index in [4.69, 9.17) is 18.9 Å². The van der Waals surface area contributed by atoms with Crippen molar-refractivity contribution in [3.8, 4) is 0 Å². The van der Waals surface area contributed by atoms with Crippen LogP contribution < -0.4 is 0 Å². The molecule has 4 nitrogen and oxygen atoms in total. The summed E-state index contributed by atoms with van der Waals surface area (Å²) in [5.74, 6) is 5.66. The van der Waals surface area contributed by atoms with E-state index in [1.165, 1.54) is 103 Å². The van der Waals surface area contributed by atoms with E-state index in [0.29, 0.717) is 35.2 Å². The van der Waals surface area contributed by atoms with E-state index < -0.39 is 0 Å². The first-order chi connectivity index (χ1) is 19.5. The maximum Gasteiger partial charge on any atom is 0.0571 e. The van der Waals surface area contributed by atoms with Crippen LogP contribution >= 0.6 is 0 Å². The average molecular weight is 559 g/mol. The average Bonchev–Trinajstić information content (AvgIpc) is 3.56. The predicted molar refractivity (Wildman–Crippen MR) is 161 cm³/mol. The van der Waals surface area contributed by atoms with Crippen molar-refractivity contribution in [1.29, 1.82) is 0 Å². The van der Waals surface area contributed by atoms with Crippen LogP contribution in [0.15, 0.2) is 0 Å². The minimum atomic E-state index is 0.510. The first kappa shape index (κ1) is 29.9. The maximum absolute atomic E-state index is 5.84. The Morgan fingerprint density at radius 3 is 0.700 bits per heavy atom. The Hall–Kier alpha value is -0.160. The van der Waals surface area contributed by atoms with E-state index in [2.05, 4.69) is 0 Å². The van der Waals surface area contributed by atoms with Gasteiger partial charge in [-0.15, -0.1) is 0 Å². The molecule has 0 bridgehead atoms. The van der Waals surface area contributed by atoms with Crippen molar-refractivity contribution < 1.29 is 18.9 Å². The first-order valence-electron chi connectivity index (χ1n) is 17.6. The molecule has 6 saturated carbocycles. The van der Waals surface area contributed by atoms with Gasteiger partial charge in [0.25, 0.3) is 0 Å². The number of fused-ring (bicyclic) bond motifs is 1. The second kappa shape index (κ2) is 12.8. The smallest absolute Gasteiger partial charge is 0.0571 e. The van der Waals surface area contributed by atoms with E-state index in [1.807, 2.05) is 28.4 Å². The normalized spacial score (nSPS) is 50.1. The molecule has 0 saturated heterocycles. The van der Waals surface area contributed by atoms with Crippen LogP contribution in [0, 0.1) is 46.3 Å². The molecule has 6 aliphatic rings. The largest absolute Gasteiger partial charge is 0.381 e. The van der Waals surface area contributed by atoms with Gasteiger partial charge in [-0.25, -0.2) is 0 Å². The molecule has 230 valence electrons. The van der Waals surface area contributed by atoms with Crippen molar-refractivity contribution in [3.05, 3.63) is 0 Å². The van der Waals surface area contributed by atoms with Crippen LogP contribution in [0.2, 0.25) is 0 Å². The summed E-state index contributed by atoms with van der Waals surface area (Å²) in [5.41, 5.74) is 1.20.